The summed E-state index contributed by atoms with van der Waals surface area (Å²) in [6, 6.07) is 7.33. The lowest BCUT2D eigenvalue weighted by molar-refractivity contribution is -0.122. The lowest BCUT2D eigenvalue weighted by Crippen LogP contribution is -2.42. The fraction of sp³-hybridized carbons (Fsp3) is 0.350. The highest BCUT2D eigenvalue weighted by Crippen LogP contribution is 2.17. The minimum absolute atomic E-state index is 0.0245. The third kappa shape index (κ3) is 3.73. The monoisotopic (exact) mass is 385 g/mol. The summed E-state index contributed by atoms with van der Waals surface area (Å²) < 4.78 is 3.00. The van der Waals surface area contributed by atoms with Crippen molar-refractivity contribution in [1.82, 2.24) is 14.5 Å². The second-order valence-electron chi connectivity index (χ2n) is 6.87. The Labute approximate surface area is 161 Å². The van der Waals surface area contributed by atoms with Gasteiger partial charge in [0, 0.05) is 6.04 Å². The molecule has 1 aromatic carbocycles. The zero-order valence-corrected chi connectivity index (χ0v) is 16.7. The Hall–Kier alpha value is -2.67. The standard InChI is InChI=1S/C20H23N3O3S/c1-5-14(4)21-17(24)11-22-16-6-7-27-18(16)19(25)23(20(22)26)15-9-12(2)8-13(3)10-15/h6-10,14H,5,11H2,1-4H3,(H,21,24). The molecule has 0 saturated carbocycles. The summed E-state index contributed by atoms with van der Waals surface area (Å²) in [7, 11) is 0. The summed E-state index contributed by atoms with van der Waals surface area (Å²) in [5.41, 5.74) is 2.08. The molecule has 1 atom stereocenters. The van der Waals surface area contributed by atoms with E-state index < -0.39 is 5.69 Å². The molecule has 27 heavy (non-hydrogen) atoms. The summed E-state index contributed by atoms with van der Waals surface area (Å²) >= 11 is 1.27. The van der Waals surface area contributed by atoms with Crippen LogP contribution in [-0.4, -0.2) is 21.1 Å². The molecule has 3 aromatic rings. The first-order chi connectivity index (χ1) is 12.8. The molecule has 6 nitrogen and oxygen atoms in total. The number of thiophene rings is 1. The zero-order chi connectivity index (χ0) is 19.7. The third-order valence-corrected chi connectivity index (χ3v) is 5.43. The van der Waals surface area contributed by atoms with E-state index in [9.17, 15) is 14.4 Å². The minimum atomic E-state index is -0.504. The van der Waals surface area contributed by atoms with Gasteiger partial charge in [-0.05, 0) is 61.9 Å². The van der Waals surface area contributed by atoms with Crippen LogP contribution in [0.3, 0.4) is 0 Å². The topological polar surface area (TPSA) is 73.1 Å². The average molecular weight is 385 g/mol. The van der Waals surface area contributed by atoms with Gasteiger partial charge in [-0.25, -0.2) is 9.36 Å². The van der Waals surface area contributed by atoms with Crippen LogP contribution in [0.15, 0.2) is 39.2 Å². The number of aromatic nitrogens is 2. The number of carbonyl (C=O) groups excluding carboxylic acids is 1. The first-order valence-corrected chi connectivity index (χ1v) is 9.81. The van der Waals surface area contributed by atoms with Crippen LogP contribution < -0.4 is 16.6 Å². The van der Waals surface area contributed by atoms with Gasteiger partial charge in [-0.3, -0.25) is 14.2 Å². The molecular formula is C20H23N3O3S. The Kier molecular flexibility index (Phi) is 5.32. The van der Waals surface area contributed by atoms with E-state index in [4.69, 9.17) is 0 Å². The lowest BCUT2D eigenvalue weighted by Gasteiger charge is -2.15. The van der Waals surface area contributed by atoms with Crippen molar-refractivity contribution in [3.63, 3.8) is 0 Å². The molecule has 3 rings (SSSR count). The highest BCUT2D eigenvalue weighted by Gasteiger charge is 2.18. The zero-order valence-electron chi connectivity index (χ0n) is 15.9. The maximum absolute atomic E-state index is 13.2. The molecule has 0 aliphatic carbocycles. The van der Waals surface area contributed by atoms with Crippen LogP contribution in [0.25, 0.3) is 15.9 Å². The molecular weight excluding hydrogens is 362 g/mol. The summed E-state index contributed by atoms with van der Waals surface area (Å²) in [5, 5.41) is 4.64. The van der Waals surface area contributed by atoms with Gasteiger partial charge in [0.15, 0.2) is 0 Å². The summed E-state index contributed by atoms with van der Waals surface area (Å²) in [5.74, 6) is -0.246. The fourth-order valence-corrected chi connectivity index (χ4v) is 3.94. The molecule has 0 saturated heterocycles. The minimum Gasteiger partial charge on any atom is -0.352 e. The van der Waals surface area contributed by atoms with E-state index in [2.05, 4.69) is 5.32 Å². The van der Waals surface area contributed by atoms with Crippen molar-refractivity contribution in [2.75, 3.05) is 0 Å². The van der Waals surface area contributed by atoms with Gasteiger partial charge in [-0.15, -0.1) is 11.3 Å². The number of hydrogen-bond donors (Lipinski definition) is 1. The van der Waals surface area contributed by atoms with E-state index in [0.717, 1.165) is 22.1 Å². The second-order valence-corrected chi connectivity index (χ2v) is 7.78. The number of carbonyl (C=O) groups is 1. The summed E-state index contributed by atoms with van der Waals surface area (Å²) in [4.78, 5) is 38.5. The van der Waals surface area contributed by atoms with Crippen molar-refractivity contribution in [2.45, 2.75) is 46.7 Å². The number of nitrogens with zero attached hydrogens (tertiary/aromatic N) is 2. The molecule has 0 fully saturated rings. The Bertz CT molecular complexity index is 1100. The van der Waals surface area contributed by atoms with E-state index in [-0.39, 0.29) is 24.1 Å². The number of rotatable bonds is 5. The van der Waals surface area contributed by atoms with Crippen molar-refractivity contribution in [1.29, 1.82) is 0 Å². The highest BCUT2D eigenvalue weighted by atomic mass is 32.1. The molecule has 0 aliphatic heterocycles. The maximum atomic E-state index is 13.2. The Morgan fingerprint density at radius 1 is 1.19 bits per heavy atom. The molecule has 0 bridgehead atoms. The Morgan fingerprint density at radius 3 is 2.48 bits per heavy atom. The lowest BCUT2D eigenvalue weighted by atomic mass is 10.1. The van der Waals surface area contributed by atoms with Crippen LogP contribution in [0.5, 0.6) is 0 Å². The fourth-order valence-electron chi connectivity index (χ4n) is 3.11. The Morgan fingerprint density at radius 2 is 1.85 bits per heavy atom. The SMILES string of the molecule is CCC(C)NC(=O)Cn1c(=O)n(-c2cc(C)cc(C)c2)c(=O)c2sccc21. The van der Waals surface area contributed by atoms with Crippen LogP contribution in [0.4, 0.5) is 0 Å². The van der Waals surface area contributed by atoms with Crippen molar-refractivity contribution in [3.05, 3.63) is 61.6 Å². The first-order valence-electron chi connectivity index (χ1n) is 8.93. The van der Waals surface area contributed by atoms with Gasteiger partial charge in [0.25, 0.3) is 5.56 Å². The van der Waals surface area contributed by atoms with Crippen LogP contribution in [0, 0.1) is 13.8 Å². The molecule has 142 valence electrons. The van der Waals surface area contributed by atoms with Gasteiger partial charge in [0.05, 0.1) is 11.2 Å². The molecule has 1 N–H and O–H groups in total. The summed E-state index contributed by atoms with van der Waals surface area (Å²) in [6.45, 7) is 7.61. The first kappa shape index (κ1) is 19.1. The van der Waals surface area contributed by atoms with Crippen molar-refractivity contribution in [2.24, 2.45) is 0 Å². The van der Waals surface area contributed by atoms with Gasteiger partial charge in [-0.2, -0.15) is 0 Å². The predicted octanol–water partition coefficient (Wildman–Crippen LogP) is 2.75. The van der Waals surface area contributed by atoms with Crippen molar-refractivity contribution >= 4 is 27.5 Å². The molecule has 0 radical (unpaired) electrons. The largest absolute Gasteiger partial charge is 0.352 e. The van der Waals surface area contributed by atoms with Crippen LogP contribution in [0.2, 0.25) is 0 Å². The predicted molar refractivity (Wildman–Crippen MR) is 109 cm³/mol. The van der Waals surface area contributed by atoms with Crippen LogP contribution in [-0.2, 0) is 11.3 Å². The van der Waals surface area contributed by atoms with E-state index in [1.54, 1.807) is 23.6 Å². The molecule has 1 unspecified atom stereocenters. The van der Waals surface area contributed by atoms with E-state index in [1.807, 2.05) is 33.8 Å². The number of nitrogens with one attached hydrogen (secondary N) is 1. The molecule has 1 amide bonds. The van der Waals surface area contributed by atoms with Gasteiger partial charge in [0.2, 0.25) is 5.91 Å². The number of fused-ring (bicyclic) bond motifs is 1. The van der Waals surface area contributed by atoms with Gasteiger partial charge < -0.3 is 5.32 Å². The molecule has 7 heteroatoms. The van der Waals surface area contributed by atoms with E-state index >= 15 is 0 Å². The smallest absolute Gasteiger partial charge is 0.336 e. The number of aryl methyl sites for hydroxylation is 2. The second kappa shape index (κ2) is 7.52. The van der Waals surface area contributed by atoms with Crippen molar-refractivity contribution in [3.8, 4) is 5.69 Å². The number of benzene rings is 1. The normalized spacial score (nSPS) is 12.3. The highest BCUT2D eigenvalue weighted by molar-refractivity contribution is 7.17. The maximum Gasteiger partial charge on any atom is 0.336 e. The molecule has 2 heterocycles. The Balaban J connectivity index is 2.20. The number of hydrogen-bond acceptors (Lipinski definition) is 4. The number of amides is 1. The van der Waals surface area contributed by atoms with E-state index in [1.165, 1.54) is 15.9 Å². The summed E-state index contributed by atoms with van der Waals surface area (Å²) in [6.07, 6.45) is 0.802. The molecule has 0 aliphatic rings. The molecule has 2 aromatic heterocycles. The average Bonchev–Trinajstić information content (AvgIpc) is 3.07. The van der Waals surface area contributed by atoms with Gasteiger partial charge in [0.1, 0.15) is 11.2 Å². The van der Waals surface area contributed by atoms with Gasteiger partial charge in [-0.1, -0.05) is 13.0 Å². The van der Waals surface area contributed by atoms with E-state index in [0.29, 0.717) is 15.9 Å². The quantitative estimate of drug-likeness (QED) is 0.734. The van der Waals surface area contributed by atoms with Gasteiger partial charge >= 0.3 is 5.69 Å². The van der Waals surface area contributed by atoms with Crippen LogP contribution >= 0.6 is 11.3 Å². The third-order valence-electron chi connectivity index (χ3n) is 4.54. The van der Waals surface area contributed by atoms with Crippen molar-refractivity contribution < 1.29 is 4.79 Å². The van der Waals surface area contributed by atoms with Crippen LogP contribution in [0.1, 0.15) is 31.4 Å². The molecule has 0 spiro atoms.